The summed E-state index contributed by atoms with van der Waals surface area (Å²) < 4.78 is 43.0. The third-order valence-electron chi connectivity index (χ3n) is 0.846. The molecule has 0 aromatic heterocycles. The van der Waals surface area contributed by atoms with Crippen LogP contribution in [0, 0.1) is 0 Å². The Bertz CT molecular complexity index is 315. The van der Waals surface area contributed by atoms with E-state index in [-0.39, 0.29) is 0 Å². The molecule has 0 N–H and O–H groups in total. The van der Waals surface area contributed by atoms with Gasteiger partial charge in [0.05, 0.1) is 0 Å². The number of rotatable bonds is 3. The molecular weight excluding hydrogens is 214 g/mol. The highest BCUT2D eigenvalue weighted by Gasteiger charge is 2.21. The maximum atomic E-state index is 10.8. The van der Waals surface area contributed by atoms with Crippen molar-refractivity contribution in [1.29, 1.82) is 0 Å². The van der Waals surface area contributed by atoms with Crippen molar-refractivity contribution in [2.45, 2.75) is 0 Å². The van der Waals surface area contributed by atoms with Crippen LogP contribution in [0.1, 0.15) is 0 Å². The van der Waals surface area contributed by atoms with Crippen LogP contribution in [-0.2, 0) is 19.1 Å². The fourth-order valence-electron chi connectivity index (χ4n) is 0.283. The first-order chi connectivity index (χ1) is 4.65. The van der Waals surface area contributed by atoms with Crippen molar-refractivity contribution in [2.75, 3.05) is 19.2 Å². The monoisotopic (exact) mass is 221 g/mol. The molecule has 0 saturated heterocycles. The van der Waals surface area contributed by atoms with Gasteiger partial charge in [0, 0.05) is 24.8 Å². The van der Waals surface area contributed by atoms with Crippen LogP contribution in [0.15, 0.2) is 0 Å². The van der Waals surface area contributed by atoms with Crippen LogP contribution in [0.2, 0.25) is 0 Å². The third-order valence-corrected chi connectivity index (χ3v) is 5.08. The van der Waals surface area contributed by atoms with Crippen molar-refractivity contribution in [3.05, 3.63) is 0 Å². The summed E-state index contributed by atoms with van der Waals surface area (Å²) in [5.41, 5.74) is 0. The minimum atomic E-state index is -3.98. The summed E-state index contributed by atoms with van der Waals surface area (Å²) in [5, 5.41) is -1.06. The smallest absolute Gasteiger partial charge is 0.211 e. The second-order valence-electron chi connectivity index (χ2n) is 2.05. The Hall–Kier alpha value is 0.150. The maximum absolute atomic E-state index is 10.8. The number of hydrogen-bond donors (Lipinski definition) is 0. The van der Waals surface area contributed by atoms with E-state index in [0.717, 1.165) is 4.31 Å². The zero-order chi connectivity index (χ0) is 9.28. The molecule has 0 amide bonds. The fourth-order valence-corrected chi connectivity index (χ4v) is 3.56. The largest absolute Gasteiger partial charge is 0.248 e. The Morgan fingerprint density at radius 3 is 1.64 bits per heavy atom. The minimum Gasteiger partial charge on any atom is -0.211 e. The SMILES string of the molecule is CN(C)S(=O)(=O)CS(=O)(=O)Cl. The Labute approximate surface area is 70.4 Å². The highest BCUT2D eigenvalue weighted by molar-refractivity contribution is 8.21. The molecule has 11 heavy (non-hydrogen) atoms. The van der Waals surface area contributed by atoms with Gasteiger partial charge in [0.25, 0.3) is 0 Å². The van der Waals surface area contributed by atoms with Crippen LogP contribution in [-0.4, -0.2) is 40.3 Å². The van der Waals surface area contributed by atoms with E-state index in [9.17, 15) is 16.8 Å². The predicted octanol–water partition coefficient (Wildman–Crippen LogP) is -0.596. The summed E-state index contributed by atoms with van der Waals surface area (Å²) in [7, 11) is -0.532. The first-order valence-corrected chi connectivity index (χ1v) is 6.56. The molecule has 0 aliphatic carbocycles. The van der Waals surface area contributed by atoms with Crippen molar-refractivity contribution in [3.8, 4) is 0 Å². The zero-order valence-electron chi connectivity index (χ0n) is 5.98. The van der Waals surface area contributed by atoms with Crippen molar-refractivity contribution in [1.82, 2.24) is 4.31 Å². The van der Waals surface area contributed by atoms with E-state index in [0.29, 0.717) is 0 Å². The van der Waals surface area contributed by atoms with Crippen LogP contribution in [0.25, 0.3) is 0 Å². The minimum absolute atomic E-state index is 0.799. The van der Waals surface area contributed by atoms with E-state index in [1.807, 2.05) is 0 Å². The molecule has 0 saturated carbocycles. The molecular formula is C3H8ClNO4S2. The molecule has 5 nitrogen and oxygen atoms in total. The summed E-state index contributed by atoms with van der Waals surface area (Å²) >= 11 is 0. The normalized spacial score (nSPS) is 13.8. The lowest BCUT2D eigenvalue weighted by Crippen LogP contribution is -2.27. The Morgan fingerprint density at radius 1 is 1.18 bits per heavy atom. The molecule has 0 aromatic carbocycles. The van der Waals surface area contributed by atoms with Gasteiger partial charge in [0.2, 0.25) is 19.1 Å². The first kappa shape index (κ1) is 11.2. The van der Waals surface area contributed by atoms with Gasteiger partial charge in [0.1, 0.15) is 0 Å². The lowest BCUT2D eigenvalue weighted by Gasteiger charge is -2.08. The molecule has 68 valence electrons. The fraction of sp³-hybridized carbons (Fsp3) is 1.00. The van der Waals surface area contributed by atoms with Gasteiger partial charge in [-0.3, -0.25) is 0 Å². The van der Waals surface area contributed by atoms with Gasteiger partial charge in [-0.2, -0.15) is 0 Å². The molecule has 0 fully saturated rings. The second kappa shape index (κ2) is 3.26. The van der Waals surface area contributed by atoms with Crippen LogP contribution in [0.3, 0.4) is 0 Å². The molecule has 0 aromatic rings. The second-order valence-corrected chi connectivity index (χ2v) is 7.38. The summed E-state index contributed by atoms with van der Waals surface area (Å²) in [4.78, 5) is 0. The number of nitrogens with zero attached hydrogens (tertiary/aromatic N) is 1. The van der Waals surface area contributed by atoms with Crippen LogP contribution >= 0.6 is 10.7 Å². The van der Waals surface area contributed by atoms with E-state index >= 15 is 0 Å². The van der Waals surface area contributed by atoms with Gasteiger partial charge in [-0.05, 0) is 0 Å². The number of hydrogen-bond acceptors (Lipinski definition) is 4. The molecule has 0 spiro atoms. The van der Waals surface area contributed by atoms with Crippen molar-refractivity contribution in [3.63, 3.8) is 0 Å². The zero-order valence-corrected chi connectivity index (χ0v) is 8.37. The van der Waals surface area contributed by atoms with Crippen molar-refractivity contribution >= 4 is 29.8 Å². The predicted molar refractivity (Wildman–Crippen MR) is 42.2 cm³/mol. The molecule has 0 heterocycles. The number of sulfonamides is 1. The Balaban J connectivity index is 4.68. The Kier molecular flexibility index (Phi) is 3.30. The lowest BCUT2D eigenvalue weighted by molar-refractivity contribution is 0.524. The van der Waals surface area contributed by atoms with Crippen molar-refractivity contribution < 1.29 is 16.8 Å². The van der Waals surface area contributed by atoms with E-state index in [4.69, 9.17) is 10.7 Å². The van der Waals surface area contributed by atoms with Gasteiger partial charge in [-0.25, -0.2) is 21.1 Å². The summed E-state index contributed by atoms with van der Waals surface area (Å²) in [6.07, 6.45) is 0. The van der Waals surface area contributed by atoms with Crippen LogP contribution in [0.4, 0.5) is 0 Å². The standard InChI is InChI=1S/C3H8ClNO4S2/c1-5(2)11(8,9)3-10(4,6)7/h3H2,1-2H3. The molecule has 0 rings (SSSR count). The van der Waals surface area contributed by atoms with Gasteiger partial charge >= 0.3 is 0 Å². The molecule has 0 aliphatic heterocycles. The lowest BCUT2D eigenvalue weighted by atomic mass is 11.3. The van der Waals surface area contributed by atoms with E-state index in [1.54, 1.807) is 0 Å². The highest BCUT2D eigenvalue weighted by Crippen LogP contribution is 2.04. The molecule has 8 heteroatoms. The quantitative estimate of drug-likeness (QED) is 0.597. The first-order valence-electron chi connectivity index (χ1n) is 2.48. The Morgan fingerprint density at radius 2 is 1.55 bits per heavy atom. The average Bonchev–Trinajstić information content (AvgIpc) is 1.56. The van der Waals surface area contributed by atoms with Gasteiger partial charge in [-0.15, -0.1) is 0 Å². The van der Waals surface area contributed by atoms with Crippen LogP contribution < -0.4 is 0 Å². The van der Waals surface area contributed by atoms with E-state index in [1.165, 1.54) is 14.1 Å². The van der Waals surface area contributed by atoms with Gasteiger partial charge < -0.3 is 0 Å². The molecule has 0 atom stereocenters. The average molecular weight is 222 g/mol. The van der Waals surface area contributed by atoms with Crippen molar-refractivity contribution in [2.24, 2.45) is 0 Å². The van der Waals surface area contributed by atoms with Gasteiger partial charge in [0.15, 0.2) is 5.08 Å². The molecule has 0 radical (unpaired) electrons. The van der Waals surface area contributed by atoms with Crippen LogP contribution in [0.5, 0.6) is 0 Å². The maximum Gasteiger partial charge on any atom is 0.248 e. The molecule has 0 aliphatic rings. The topological polar surface area (TPSA) is 71.5 Å². The third kappa shape index (κ3) is 4.57. The van der Waals surface area contributed by atoms with Gasteiger partial charge in [-0.1, -0.05) is 0 Å². The summed E-state index contributed by atoms with van der Waals surface area (Å²) in [6, 6.07) is 0. The molecule has 0 unspecified atom stereocenters. The highest BCUT2D eigenvalue weighted by atomic mass is 35.7. The molecule has 0 bridgehead atoms. The summed E-state index contributed by atoms with van der Waals surface area (Å²) in [5.74, 6) is 0. The van der Waals surface area contributed by atoms with E-state index in [2.05, 4.69) is 0 Å². The van der Waals surface area contributed by atoms with E-state index < -0.39 is 24.2 Å². The number of halogens is 1. The summed E-state index contributed by atoms with van der Waals surface area (Å²) in [6.45, 7) is 0.